The van der Waals surface area contributed by atoms with E-state index in [1.165, 1.54) is 23.1 Å². The molecule has 176 valence electrons. The van der Waals surface area contributed by atoms with Gasteiger partial charge < -0.3 is 30.1 Å². The van der Waals surface area contributed by atoms with Gasteiger partial charge in [0.2, 0.25) is 0 Å². The number of benzene rings is 2. The van der Waals surface area contributed by atoms with E-state index in [1.54, 1.807) is 31.4 Å². The summed E-state index contributed by atoms with van der Waals surface area (Å²) in [4.78, 5) is 8.72. The van der Waals surface area contributed by atoms with Crippen molar-refractivity contribution in [2.75, 3.05) is 19.0 Å². The third-order valence-corrected chi connectivity index (χ3v) is 5.72. The van der Waals surface area contributed by atoms with Crippen LogP contribution in [0.2, 0.25) is 0 Å². The van der Waals surface area contributed by atoms with Crippen molar-refractivity contribution in [1.29, 1.82) is 0 Å². The number of halogens is 1. The average Bonchev–Trinajstić information content (AvgIpc) is 3.38. The Labute approximate surface area is 193 Å². The molecule has 5 rings (SSSR count). The summed E-state index contributed by atoms with van der Waals surface area (Å²) < 4.78 is 25.7. The molecule has 1 aliphatic rings. The van der Waals surface area contributed by atoms with Gasteiger partial charge in [0, 0.05) is 11.3 Å². The van der Waals surface area contributed by atoms with Gasteiger partial charge >= 0.3 is 0 Å². The number of fused-ring (bicyclic) bond motifs is 1. The normalized spacial score (nSPS) is 22.3. The van der Waals surface area contributed by atoms with E-state index in [2.05, 4.69) is 20.4 Å². The van der Waals surface area contributed by atoms with Crippen molar-refractivity contribution in [3.63, 3.8) is 0 Å². The van der Waals surface area contributed by atoms with Crippen LogP contribution < -0.4 is 10.1 Å². The van der Waals surface area contributed by atoms with Gasteiger partial charge in [-0.1, -0.05) is 0 Å². The monoisotopic (exact) mass is 467 g/mol. The van der Waals surface area contributed by atoms with E-state index in [4.69, 9.17) is 9.47 Å². The number of nitrogens with zero attached hydrogens (tertiary/aromatic N) is 4. The van der Waals surface area contributed by atoms with Gasteiger partial charge in [-0.3, -0.25) is 0 Å². The highest BCUT2D eigenvalue weighted by Gasteiger charge is 2.45. The quantitative estimate of drug-likeness (QED) is 0.336. The van der Waals surface area contributed by atoms with E-state index >= 15 is 0 Å². The molecule has 1 aliphatic heterocycles. The molecule has 4 N–H and O–H groups in total. The van der Waals surface area contributed by atoms with Gasteiger partial charge in [-0.05, 0) is 48.5 Å². The molecule has 0 amide bonds. The van der Waals surface area contributed by atoms with Crippen LogP contribution in [0.15, 0.2) is 54.9 Å². The van der Waals surface area contributed by atoms with E-state index in [-0.39, 0.29) is 5.82 Å². The summed E-state index contributed by atoms with van der Waals surface area (Å²) >= 11 is 0. The van der Waals surface area contributed by atoms with Gasteiger partial charge in [0.15, 0.2) is 11.9 Å². The fourth-order valence-corrected chi connectivity index (χ4v) is 3.95. The predicted molar refractivity (Wildman–Crippen MR) is 120 cm³/mol. The SMILES string of the molecule is COc1ccc(-c2nn([C@@H]3O[C@H](CO)[C@H](O)[C@@H]3O)c3ncnc(Nc4ccc(F)cc4)c23)cc1. The second kappa shape index (κ2) is 8.95. The molecule has 0 radical (unpaired) electrons. The topological polar surface area (TPSA) is 135 Å². The number of anilines is 2. The highest BCUT2D eigenvalue weighted by molar-refractivity contribution is 6.00. The maximum atomic E-state index is 13.4. The van der Waals surface area contributed by atoms with E-state index < -0.39 is 31.1 Å². The number of rotatable bonds is 6. The number of aromatic nitrogens is 4. The van der Waals surface area contributed by atoms with E-state index in [0.717, 1.165) is 0 Å². The lowest BCUT2D eigenvalue weighted by Crippen LogP contribution is -2.33. The average molecular weight is 467 g/mol. The first-order valence-electron chi connectivity index (χ1n) is 10.5. The Kier molecular flexibility index (Phi) is 5.84. The van der Waals surface area contributed by atoms with Gasteiger partial charge in [-0.25, -0.2) is 19.0 Å². The summed E-state index contributed by atoms with van der Waals surface area (Å²) in [6, 6.07) is 13.0. The number of nitrogens with one attached hydrogen (secondary N) is 1. The Balaban J connectivity index is 1.67. The zero-order valence-corrected chi connectivity index (χ0v) is 18.0. The summed E-state index contributed by atoms with van der Waals surface area (Å²) in [5.74, 6) is 0.701. The van der Waals surface area contributed by atoms with Gasteiger partial charge in [0.1, 0.15) is 47.7 Å². The van der Waals surface area contributed by atoms with Crippen molar-refractivity contribution in [2.45, 2.75) is 24.5 Å². The summed E-state index contributed by atoms with van der Waals surface area (Å²) in [6.45, 7) is -0.467. The molecule has 0 spiro atoms. The van der Waals surface area contributed by atoms with Crippen LogP contribution in [0.4, 0.5) is 15.9 Å². The second-order valence-corrected chi connectivity index (χ2v) is 7.80. The lowest BCUT2D eigenvalue weighted by Gasteiger charge is -2.15. The van der Waals surface area contributed by atoms with Crippen molar-refractivity contribution >= 4 is 22.5 Å². The van der Waals surface area contributed by atoms with Crippen LogP contribution in [0.5, 0.6) is 5.75 Å². The molecule has 2 aromatic heterocycles. The van der Waals surface area contributed by atoms with Crippen LogP contribution in [0.25, 0.3) is 22.3 Å². The highest BCUT2D eigenvalue weighted by Crippen LogP contribution is 2.38. The van der Waals surface area contributed by atoms with Crippen molar-refractivity contribution in [2.24, 2.45) is 0 Å². The molecular weight excluding hydrogens is 445 g/mol. The van der Waals surface area contributed by atoms with Crippen molar-refractivity contribution in [1.82, 2.24) is 19.7 Å². The third-order valence-electron chi connectivity index (χ3n) is 5.72. The number of hydrogen-bond acceptors (Lipinski definition) is 9. The first-order valence-corrected chi connectivity index (χ1v) is 10.5. The van der Waals surface area contributed by atoms with E-state index in [0.29, 0.717) is 39.5 Å². The zero-order valence-electron chi connectivity index (χ0n) is 18.0. The highest BCUT2D eigenvalue weighted by atomic mass is 19.1. The zero-order chi connectivity index (χ0) is 23.8. The summed E-state index contributed by atoms with van der Waals surface area (Å²) in [6.07, 6.45) is -3.37. The van der Waals surface area contributed by atoms with Gasteiger partial charge in [0.05, 0.1) is 19.1 Å². The lowest BCUT2D eigenvalue weighted by molar-refractivity contribution is -0.0565. The number of ether oxygens (including phenoxy) is 2. The Hall–Kier alpha value is -3.64. The molecular formula is C23H22FN5O5. The van der Waals surface area contributed by atoms with Crippen molar-refractivity contribution in [3.05, 3.63) is 60.7 Å². The molecule has 2 aromatic carbocycles. The van der Waals surface area contributed by atoms with E-state index in [1.807, 2.05) is 12.1 Å². The number of methoxy groups -OCH3 is 1. The molecule has 0 aliphatic carbocycles. The largest absolute Gasteiger partial charge is 0.497 e. The molecule has 4 aromatic rings. The molecule has 1 saturated heterocycles. The Morgan fingerprint density at radius 3 is 2.44 bits per heavy atom. The fraction of sp³-hybridized carbons (Fsp3) is 0.261. The maximum absolute atomic E-state index is 13.4. The number of hydrogen-bond donors (Lipinski definition) is 4. The van der Waals surface area contributed by atoms with Crippen LogP contribution in [-0.4, -0.2) is 67.1 Å². The molecule has 11 heteroatoms. The Bertz CT molecular complexity index is 1300. The molecule has 34 heavy (non-hydrogen) atoms. The lowest BCUT2D eigenvalue weighted by atomic mass is 10.1. The van der Waals surface area contributed by atoms with Crippen LogP contribution in [0.1, 0.15) is 6.23 Å². The molecule has 1 fully saturated rings. The smallest absolute Gasteiger partial charge is 0.181 e. The van der Waals surface area contributed by atoms with Crippen LogP contribution in [-0.2, 0) is 4.74 Å². The van der Waals surface area contributed by atoms with Crippen LogP contribution >= 0.6 is 0 Å². The van der Waals surface area contributed by atoms with E-state index in [9.17, 15) is 19.7 Å². The number of aliphatic hydroxyl groups is 3. The minimum absolute atomic E-state index is 0.334. The Morgan fingerprint density at radius 1 is 1.06 bits per heavy atom. The van der Waals surface area contributed by atoms with Crippen molar-refractivity contribution < 1.29 is 29.2 Å². The van der Waals surface area contributed by atoms with Gasteiger partial charge in [-0.2, -0.15) is 5.10 Å². The molecule has 0 unspecified atom stereocenters. The standard InChI is InChI=1S/C23H22FN5O5/c1-33-15-8-2-12(3-9-15)18-17-21(27-14-6-4-13(24)5-7-14)25-11-26-22(17)29(28-18)23-20(32)19(31)16(10-30)34-23/h2-9,11,16,19-20,23,30-32H,10H2,1H3,(H,25,26,27)/t16-,19+,20+,23-/m1/s1. The molecule has 0 bridgehead atoms. The minimum Gasteiger partial charge on any atom is -0.497 e. The van der Waals surface area contributed by atoms with Gasteiger partial charge in [-0.15, -0.1) is 0 Å². The van der Waals surface area contributed by atoms with Crippen molar-refractivity contribution in [3.8, 4) is 17.0 Å². The molecule has 4 atom stereocenters. The predicted octanol–water partition coefficient (Wildman–Crippen LogP) is 2.00. The third kappa shape index (κ3) is 3.84. The first kappa shape index (κ1) is 22.2. The van der Waals surface area contributed by atoms with Crippen LogP contribution in [0, 0.1) is 5.82 Å². The van der Waals surface area contributed by atoms with Gasteiger partial charge in [0.25, 0.3) is 0 Å². The molecule has 10 nitrogen and oxygen atoms in total. The molecule has 3 heterocycles. The molecule has 0 saturated carbocycles. The summed E-state index contributed by atoms with van der Waals surface area (Å²) in [5.41, 5.74) is 2.14. The summed E-state index contributed by atoms with van der Waals surface area (Å²) in [7, 11) is 1.57. The van der Waals surface area contributed by atoms with Crippen LogP contribution in [0.3, 0.4) is 0 Å². The first-order chi connectivity index (χ1) is 16.5. The fourth-order valence-electron chi connectivity index (χ4n) is 3.95. The number of aliphatic hydroxyl groups excluding tert-OH is 3. The maximum Gasteiger partial charge on any atom is 0.181 e. The minimum atomic E-state index is -1.34. The second-order valence-electron chi connectivity index (χ2n) is 7.80. The summed E-state index contributed by atoms with van der Waals surface area (Å²) in [5, 5.41) is 38.7. The Morgan fingerprint density at radius 2 is 1.79 bits per heavy atom.